The second kappa shape index (κ2) is 7.90. The number of carboxylic acid groups (broad SMARTS) is 1. The fourth-order valence-corrected chi connectivity index (χ4v) is 5.53. The molecule has 1 heterocycles. The standard InChI is InChI=1S/C20H22NO4P/c22-20(23)12-6-11-19(17-13-21-18-10-5-4-9-16(17)18)26(24,25)14-15-7-2-1-3-8-15/h1-5,7-10,13,19,21H,6,11-12,14H2,(H,22,23)(H,24,25). The number of fused-ring (bicyclic) bond motifs is 1. The SMILES string of the molecule is O=C(O)CCCC(c1c[nH]c2ccccc12)P(=O)(O)Cc1ccccc1. The van der Waals surface area contributed by atoms with Crippen LogP contribution in [0.5, 0.6) is 0 Å². The third-order valence-corrected chi connectivity index (χ3v) is 6.92. The minimum absolute atomic E-state index is 0.00973. The predicted molar refractivity (Wildman–Crippen MR) is 102 cm³/mol. The monoisotopic (exact) mass is 371 g/mol. The Kier molecular flexibility index (Phi) is 5.60. The van der Waals surface area contributed by atoms with Crippen LogP contribution in [-0.4, -0.2) is 21.0 Å². The summed E-state index contributed by atoms with van der Waals surface area (Å²) in [5.41, 5.74) is 1.90. The molecule has 3 aromatic rings. The van der Waals surface area contributed by atoms with Gasteiger partial charge in [0.25, 0.3) is 0 Å². The Morgan fingerprint density at radius 2 is 1.77 bits per heavy atom. The number of aromatic amines is 1. The first-order valence-corrected chi connectivity index (χ1v) is 10.5. The number of para-hydroxylation sites is 1. The fraction of sp³-hybridized carbons (Fsp3) is 0.250. The van der Waals surface area contributed by atoms with E-state index < -0.39 is 19.0 Å². The van der Waals surface area contributed by atoms with Gasteiger partial charge in [-0.25, -0.2) is 0 Å². The molecule has 26 heavy (non-hydrogen) atoms. The second-order valence-electron chi connectivity index (χ2n) is 6.49. The highest BCUT2D eigenvalue weighted by molar-refractivity contribution is 7.57. The number of carbonyl (C=O) groups is 1. The van der Waals surface area contributed by atoms with E-state index in [1.54, 1.807) is 6.20 Å². The van der Waals surface area contributed by atoms with Gasteiger partial charge in [0.2, 0.25) is 7.37 Å². The number of carboxylic acids is 1. The summed E-state index contributed by atoms with van der Waals surface area (Å²) in [5, 5.41) is 9.84. The van der Waals surface area contributed by atoms with E-state index in [2.05, 4.69) is 4.98 Å². The van der Waals surface area contributed by atoms with E-state index in [-0.39, 0.29) is 12.6 Å². The zero-order valence-electron chi connectivity index (χ0n) is 14.3. The summed E-state index contributed by atoms with van der Waals surface area (Å²) >= 11 is 0. The molecule has 1 aromatic heterocycles. The van der Waals surface area contributed by atoms with Gasteiger partial charge in [0.05, 0.1) is 11.8 Å². The second-order valence-corrected chi connectivity index (χ2v) is 8.94. The third-order valence-electron chi connectivity index (χ3n) is 4.59. The van der Waals surface area contributed by atoms with Gasteiger partial charge in [0, 0.05) is 23.5 Å². The minimum Gasteiger partial charge on any atom is -0.481 e. The zero-order valence-corrected chi connectivity index (χ0v) is 15.2. The Bertz CT molecular complexity index is 935. The maximum atomic E-state index is 13.3. The van der Waals surface area contributed by atoms with Crippen LogP contribution >= 0.6 is 7.37 Å². The van der Waals surface area contributed by atoms with Crippen molar-refractivity contribution in [2.45, 2.75) is 31.1 Å². The first-order chi connectivity index (χ1) is 12.5. The minimum atomic E-state index is -3.59. The molecule has 0 saturated carbocycles. The number of hydrogen-bond donors (Lipinski definition) is 3. The molecule has 0 fully saturated rings. The molecule has 2 atom stereocenters. The van der Waals surface area contributed by atoms with Crippen molar-refractivity contribution in [1.82, 2.24) is 4.98 Å². The van der Waals surface area contributed by atoms with E-state index >= 15 is 0 Å². The molecule has 0 aliphatic heterocycles. The fourth-order valence-electron chi connectivity index (χ4n) is 3.35. The van der Waals surface area contributed by atoms with Gasteiger partial charge in [0.15, 0.2) is 0 Å². The van der Waals surface area contributed by atoms with Crippen LogP contribution in [0.2, 0.25) is 0 Å². The van der Waals surface area contributed by atoms with Crippen LogP contribution in [0.15, 0.2) is 60.8 Å². The van der Waals surface area contributed by atoms with Crippen molar-refractivity contribution >= 4 is 24.2 Å². The van der Waals surface area contributed by atoms with Crippen molar-refractivity contribution in [1.29, 1.82) is 0 Å². The van der Waals surface area contributed by atoms with E-state index in [9.17, 15) is 14.3 Å². The van der Waals surface area contributed by atoms with Gasteiger partial charge in [-0.1, -0.05) is 48.5 Å². The number of hydrogen-bond acceptors (Lipinski definition) is 2. The van der Waals surface area contributed by atoms with Gasteiger partial charge >= 0.3 is 5.97 Å². The first-order valence-electron chi connectivity index (χ1n) is 8.60. The van der Waals surface area contributed by atoms with Gasteiger partial charge in [-0.2, -0.15) is 0 Å². The Hall–Kier alpha value is -2.36. The van der Waals surface area contributed by atoms with Gasteiger partial charge < -0.3 is 15.0 Å². The number of aromatic nitrogens is 1. The number of nitrogens with one attached hydrogen (secondary N) is 1. The Labute approximate surface area is 152 Å². The summed E-state index contributed by atoms with van der Waals surface area (Å²) in [4.78, 5) is 25.0. The molecule has 3 rings (SSSR count). The third kappa shape index (κ3) is 4.24. The van der Waals surface area contributed by atoms with Crippen LogP contribution in [0.4, 0.5) is 0 Å². The van der Waals surface area contributed by atoms with Crippen LogP contribution in [0, 0.1) is 0 Å². The van der Waals surface area contributed by atoms with Gasteiger partial charge in [0.1, 0.15) is 0 Å². The maximum absolute atomic E-state index is 13.3. The zero-order chi connectivity index (χ0) is 18.6. The van der Waals surface area contributed by atoms with E-state index in [1.165, 1.54) is 0 Å². The lowest BCUT2D eigenvalue weighted by molar-refractivity contribution is -0.137. The molecule has 0 radical (unpaired) electrons. The number of benzene rings is 2. The van der Waals surface area contributed by atoms with E-state index in [0.29, 0.717) is 12.8 Å². The molecule has 0 spiro atoms. The summed E-state index contributed by atoms with van der Waals surface area (Å²) in [6.07, 6.45) is 2.56. The molecule has 0 amide bonds. The molecule has 136 valence electrons. The number of aliphatic carboxylic acids is 1. The predicted octanol–water partition coefficient (Wildman–Crippen LogP) is 4.93. The molecule has 0 aliphatic carbocycles. The van der Waals surface area contributed by atoms with Gasteiger partial charge in [-0.05, 0) is 30.0 Å². The largest absolute Gasteiger partial charge is 0.481 e. The van der Waals surface area contributed by atoms with Gasteiger partial charge in [-0.3, -0.25) is 9.36 Å². The highest BCUT2D eigenvalue weighted by atomic mass is 31.2. The lowest BCUT2D eigenvalue weighted by Crippen LogP contribution is -2.04. The van der Waals surface area contributed by atoms with Crippen LogP contribution in [-0.2, 0) is 15.5 Å². The molecule has 0 bridgehead atoms. The molecule has 3 N–H and O–H groups in total. The normalized spacial score (nSPS) is 14.8. The summed E-state index contributed by atoms with van der Waals surface area (Å²) in [6, 6.07) is 16.9. The van der Waals surface area contributed by atoms with Crippen LogP contribution in [0.1, 0.15) is 36.0 Å². The summed E-state index contributed by atoms with van der Waals surface area (Å²) < 4.78 is 13.3. The molecular weight excluding hydrogens is 349 g/mol. The summed E-state index contributed by atoms with van der Waals surface area (Å²) in [7, 11) is -3.59. The smallest absolute Gasteiger partial charge is 0.303 e. The van der Waals surface area contributed by atoms with Crippen molar-refractivity contribution in [3.8, 4) is 0 Å². The lowest BCUT2D eigenvalue weighted by atomic mass is 10.1. The van der Waals surface area contributed by atoms with Crippen molar-refractivity contribution < 1.29 is 19.4 Å². The average molecular weight is 371 g/mol. The molecule has 2 unspecified atom stereocenters. The summed E-state index contributed by atoms with van der Waals surface area (Å²) in [6.45, 7) is 0. The Balaban J connectivity index is 1.94. The molecule has 0 saturated heterocycles. The lowest BCUT2D eigenvalue weighted by Gasteiger charge is -2.23. The molecular formula is C20H22NO4P. The van der Waals surface area contributed by atoms with E-state index in [4.69, 9.17) is 5.11 Å². The van der Waals surface area contributed by atoms with Crippen LogP contribution < -0.4 is 0 Å². The first kappa shape index (κ1) is 18.4. The summed E-state index contributed by atoms with van der Waals surface area (Å²) in [5.74, 6) is -0.890. The molecule has 0 aliphatic rings. The quantitative estimate of drug-likeness (QED) is 0.490. The average Bonchev–Trinajstić information content (AvgIpc) is 3.02. The number of rotatable bonds is 8. The molecule has 5 nitrogen and oxygen atoms in total. The van der Waals surface area contributed by atoms with Crippen molar-refractivity contribution in [3.63, 3.8) is 0 Å². The van der Waals surface area contributed by atoms with Crippen LogP contribution in [0.3, 0.4) is 0 Å². The van der Waals surface area contributed by atoms with E-state index in [0.717, 1.165) is 22.0 Å². The van der Waals surface area contributed by atoms with Crippen molar-refractivity contribution in [2.75, 3.05) is 0 Å². The Morgan fingerprint density at radius 1 is 1.08 bits per heavy atom. The number of H-pyrrole nitrogens is 1. The van der Waals surface area contributed by atoms with Crippen LogP contribution in [0.25, 0.3) is 10.9 Å². The van der Waals surface area contributed by atoms with Crippen molar-refractivity contribution in [3.05, 3.63) is 71.9 Å². The highest BCUT2D eigenvalue weighted by Gasteiger charge is 2.33. The molecule has 2 aromatic carbocycles. The van der Waals surface area contributed by atoms with Gasteiger partial charge in [-0.15, -0.1) is 0 Å². The molecule has 6 heteroatoms. The topological polar surface area (TPSA) is 90.4 Å². The maximum Gasteiger partial charge on any atom is 0.303 e. The van der Waals surface area contributed by atoms with E-state index in [1.807, 2.05) is 54.6 Å². The highest BCUT2D eigenvalue weighted by Crippen LogP contribution is 2.61. The Morgan fingerprint density at radius 3 is 2.50 bits per heavy atom. The van der Waals surface area contributed by atoms with Crippen molar-refractivity contribution in [2.24, 2.45) is 0 Å².